The van der Waals surface area contributed by atoms with Crippen LogP contribution in [0, 0.1) is 6.92 Å². The Bertz CT molecular complexity index is 1290. The molecule has 0 bridgehead atoms. The molecule has 0 saturated heterocycles. The van der Waals surface area contributed by atoms with Gasteiger partial charge in [-0.25, -0.2) is 13.2 Å². The lowest BCUT2D eigenvalue weighted by molar-refractivity contribution is -0.114. The molecule has 1 N–H and O–H groups in total. The van der Waals surface area contributed by atoms with Crippen molar-refractivity contribution in [2.75, 3.05) is 22.8 Å². The van der Waals surface area contributed by atoms with Crippen molar-refractivity contribution in [1.82, 2.24) is 0 Å². The standard InChI is InChI=1S/C24H22Cl2N2O5S/c1-3-33-24(30)17-5-4-6-20(11-17)27-23(29)15-28(21-13-18(25)12-19(26)14-21)34(31,32)22-9-7-16(2)8-10-22/h4-14H,3,15H2,1-2H3,(H,27,29). The van der Waals surface area contributed by atoms with Gasteiger partial charge < -0.3 is 10.1 Å². The molecule has 3 aromatic rings. The number of nitrogens with one attached hydrogen (secondary N) is 1. The Morgan fingerprint density at radius 2 is 1.62 bits per heavy atom. The summed E-state index contributed by atoms with van der Waals surface area (Å²) in [6.45, 7) is 3.18. The van der Waals surface area contributed by atoms with Crippen LogP contribution in [-0.4, -0.2) is 33.4 Å². The van der Waals surface area contributed by atoms with Crippen LogP contribution in [0.5, 0.6) is 0 Å². The zero-order valence-corrected chi connectivity index (χ0v) is 20.7. The van der Waals surface area contributed by atoms with Gasteiger partial charge in [-0.05, 0) is 62.4 Å². The molecule has 0 fully saturated rings. The highest BCUT2D eigenvalue weighted by Crippen LogP contribution is 2.30. The van der Waals surface area contributed by atoms with Crippen molar-refractivity contribution in [3.63, 3.8) is 0 Å². The fourth-order valence-corrected chi connectivity index (χ4v) is 5.02. The number of halogens is 2. The fraction of sp³-hybridized carbons (Fsp3) is 0.167. The number of amides is 1. The van der Waals surface area contributed by atoms with Gasteiger partial charge in [-0.2, -0.15) is 0 Å². The number of rotatable bonds is 8. The average Bonchev–Trinajstić information content (AvgIpc) is 2.77. The molecule has 0 saturated carbocycles. The highest BCUT2D eigenvalue weighted by atomic mass is 35.5. The molecule has 178 valence electrons. The van der Waals surface area contributed by atoms with E-state index < -0.39 is 28.4 Å². The van der Waals surface area contributed by atoms with E-state index in [1.54, 1.807) is 37.3 Å². The normalized spacial score (nSPS) is 11.1. The third-order valence-electron chi connectivity index (χ3n) is 4.69. The van der Waals surface area contributed by atoms with E-state index in [0.717, 1.165) is 9.87 Å². The second-order valence-corrected chi connectivity index (χ2v) is 10.0. The van der Waals surface area contributed by atoms with Crippen molar-refractivity contribution in [2.24, 2.45) is 0 Å². The van der Waals surface area contributed by atoms with Gasteiger partial charge in [0.2, 0.25) is 5.91 Å². The maximum absolute atomic E-state index is 13.5. The molecule has 10 heteroatoms. The molecule has 0 unspecified atom stereocenters. The summed E-state index contributed by atoms with van der Waals surface area (Å²) in [5, 5.41) is 3.06. The first-order valence-electron chi connectivity index (χ1n) is 10.2. The number of hydrogen-bond acceptors (Lipinski definition) is 5. The minimum Gasteiger partial charge on any atom is -0.462 e. The van der Waals surface area contributed by atoms with E-state index in [2.05, 4.69) is 5.32 Å². The number of ether oxygens (including phenoxy) is 1. The van der Waals surface area contributed by atoms with Gasteiger partial charge in [0.1, 0.15) is 6.54 Å². The van der Waals surface area contributed by atoms with Crippen molar-refractivity contribution in [1.29, 1.82) is 0 Å². The monoisotopic (exact) mass is 520 g/mol. The maximum atomic E-state index is 13.5. The topological polar surface area (TPSA) is 92.8 Å². The Hall–Kier alpha value is -3.07. The molecule has 3 rings (SSSR count). The van der Waals surface area contributed by atoms with Gasteiger partial charge in [0, 0.05) is 15.7 Å². The smallest absolute Gasteiger partial charge is 0.338 e. The van der Waals surface area contributed by atoms with Crippen LogP contribution in [0.2, 0.25) is 10.0 Å². The van der Waals surface area contributed by atoms with Gasteiger partial charge in [0.05, 0.1) is 22.8 Å². The van der Waals surface area contributed by atoms with Gasteiger partial charge in [-0.3, -0.25) is 9.10 Å². The molecule has 0 atom stereocenters. The molecule has 1 amide bonds. The Labute approximate surface area is 208 Å². The number of benzene rings is 3. The predicted octanol–water partition coefficient (Wildman–Crippen LogP) is 5.31. The van der Waals surface area contributed by atoms with Crippen LogP contribution in [-0.2, 0) is 19.6 Å². The molecule has 0 aromatic heterocycles. The van der Waals surface area contributed by atoms with E-state index in [1.165, 1.54) is 36.4 Å². The molecule has 0 aliphatic heterocycles. The first kappa shape index (κ1) is 25.6. The highest BCUT2D eigenvalue weighted by Gasteiger charge is 2.28. The Morgan fingerprint density at radius 1 is 0.971 bits per heavy atom. The summed E-state index contributed by atoms with van der Waals surface area (Å²) in [6.07, 6.45) is 0. The highest BCUT2D eigenvalue weighted by molar-refractivity contribution is 7.92. The fourth-order valence-electron chi connectivity index (χ4n) is 3.11. The van der Waals surface area contributed by atoms with Crippen LogP contribution in [0.3, 0.4) is 0 Å². The largest absolute Gasteiger partial charge is 0.462 e. The van der Waals surface area contributed by atoms with Crippen molar-refractivity contribution in [3.8, 4) is 0 Å². The quantitative estimate of drug-likeness (QED) is 0.406. The van der Waals surface area contributed by atoms with E-state index in [4.69, 9.17) is 27.9 Å². The van der Waals surface area contributed by atoms with Crippen molar-refractivity contribution in [2.45, 2.75) is 18.7 Å². The zero-order chi connectivity index (χ0) is 24.9. The summed E-state index contributed by atoms with van der Waals surface area (Å²) in [4.78, 5) is 24.9. The number of carbonyl (C=O) groups is 2. The zero-order valence-electron chi connectivity index (χ0n) is 18.4. The minimum absolute atomic E-state index is 0.00584. The third-order valence-corrected chi connectivity index (χ3v) is 6.91. The summed E-state index contributed by atoms with van der Waals surface area (Å²) in [5.74, 6) is -1.16. The molecule has 0 aliphatic carbocycles. The van der Waals surface area contributed by atoms with Crippen molar-refractivity contribution >= 4 is 56.5 Å². The Morgan fingerprint density at radius 3 is 2.24 bits per heavy atom. The number of nitrogens with zero attached hydrogens (tertiary/aromatic N) is 1. The predicted molar refractivity (Wildman–Crippen MR) is 133 cm³/mol. The van der Waals surface area contributed by atoms with E-state index in [-0.39, 0.29) is 32.8 Å². The molecule has 3 aromatic carbocycles. The minimum atomic E-state index is -4.14. The van der Waals surface area contributed by atoms with Gasteiger partial charge in [-0.15, -0.1) is 0 Å². The van der Waals surface area contributed by atoms with E-state index in [9.17, 15) is 18.0 Å². The summed E-state index contributed by atoms with van der Waals surface area (Å²) in [7, 11) is -4.14. The molecular weight excluding hydrogens is 499 g/mol. The number of esters is 1. The summed E-state index contributed by atoms with van der Waals surface area (Å²) in [6, 6.07) is 16.7. The SMILES string of the molecule is CCOC(=O)c1cccc(NC(=O)CN(c2cc(Cl)cc(Cl)c2)S(=O)(=O)c2ccc(C)cc2)c1. The molecule has 0 radical (unpaired) electrons. The molecule has 0 spiro atoms. The van der Waals surface area contributed by atoms with E-state index >= 15 is 0 Å². The molecule has 0 aliphatic rings. The van der Waals surface area contributed by atoms with Crippen LogP contribution in [0.4, 0.5) is 11.4 Å². The van der Waals surface area contributed by atoms with Crippen LogP contribution < -0.4 is 9.62 Å². The van der Waals surface area contributed by atoms with Crippen LogP contribution in [0.1, 0.15) is 22.8 Å². The van der Waals surface area contributed by atoms with Crippen LogP contribution >= 0.6 is 23.2 Å². The van der Waals surface area contributed by atoms with Crippen LogP contribution in [0.25, 0.3) is 0 Å². The number of hydrogen-bond donors (Lipinski definition) is 1. The van der Waals surface area contributed by atoms with Crippen molar-refractivity contribution < 1.29 is 22.7 Å². The number of aryl methyl sites for hydroxylation is 1. The van der Waals surface area contributed by atoms with E-state index in [1.807, 2.05) is 6.92 Å². The molecular formula is C24H22Cl2N2O5S. The summed E-state index contributed by atoms with van der Waals surface area (Å²) in [5.41, 5.74) is 1.58. The van der Waals surface area contributed by atoms with Crippen molar-refractivity contribution in [3.05, 3.63) is 87.9 Å². The second-order valence-electron chi connectivity index (χ2n) is 7.30. The lowest BCUT2D eigenvalue weighted by Gasteiger charge is -2.24. The molecule has 7 nitrogen and oxygen atoms in total. The van der Waals surface area contributed by atoms with E-state index in [0.29, 0.717) is 5.69 Å². The summed E-state index contributed by atoms with van der Waals surface area (Å²) < 4.78 is 32.8. The molecule has 0 heterocycles. The average molecular weight is 521 g/mol. The first-order chi connectivity index (χ1) is 16.1. The van der Waals surface area contributed by atoms with Gasteiger partial charge in [0.25, 0.3) is 10.0 Å². The van der Waals surface area contributed by atoms with Gasteiger partial charge in [0.15, 0.2) is 0 Å². The Kier molecular flexibility index (Phi) is 8.19. The lowest BCUT2D eigenvalue weighted by atomic mass is 10.2. The first-order valence-corrected chi connectivity index (χ1v) is 12.4. The molecule has 34 heavy (non-hydrogen) atoms. The van der Waals surface area contributed by atoms with Gasteiger partial charge in [-0.1, -0.05) is 47.0 Å². The Balaban J connectivity index is 1.93. The maximum Gasteiger partial charge on any atom is 0.338 e. The third kappa shape index (κ3) is 6.28. The summed E-state index contributed by atoms with van der Waals surface area (Å²) >= 11 is 12.2. The lowest BCUT2D eigenvalue weighted by Crippen LogP contribution is -2.38. The van der Waals surface area contributed by atoms with Gasteiger partial charge >= 0.3 is 5.97 Å². The number of carbonyl (C=O) groups excluding carboxylic acids is 2. The second kappa shape index (κ2) is 10.9. The number of sulfonamides is 1. The van der Waals surface area contributed by atoms with Crippen LogP contribution in [0.15, 0.2) is 71.6 Å². The number of anilines is 2.